The van der Waals surface area contributed by atoms with Gasteiger partial charge in [-0.05, 0) is 47.6 Å². The third kappa shape index (κ3) is 4.64. The molecule has 1 aromatic rings. The monoisotopic (exact) mass is 279 g/mol. The first-order valence-corrected chi connectivity index (χ1v) is 8.52. The lowest BCUT2D eigenvalue weighted by Crippen LogP contribution is -2.32. The Morgan fingerprint density at radius 1 is 1.37 bits per heavy atom. The molecule has 2 rings (SSSR count). The molecule has 0 saturated heterocycles. The molecule has 19 heavy (non-hydrogen) atoms. The number of amides is 1. The van der Waals surface area contributed by atoms with Crippen molar-refractivity contribution in [1.82, 2.24) is 4.90 Å². The van der Waals surface area contributed by atoms with Gasteiger partial charge in [0.15, 0.2) is 0 Å². The molecule has 0 radical (unpaired) electrons. The normalized spacial score (nSPS) is 16.5. The first kappa shape index (κ1) is 14.6. The Bertz CT molecular complexity index is 368. The van der Waals surface area contributed by atoms with Crippen molar-refractivity contribution < 1.29 is 4.79 Å². The predicted octanol–water partition coefficient (Wildman–Crippen LogP) is 4.46. The fourth-order valence-electron chi connectivity index (χ4n) is 2.93. The molecule has 3 heteroatoms. The predicted molar refractivity (Wildman–Crippen MR) is 81.2 cm³/mol. The van der Waals surface area contributed by atoms with E-state index in [9.17, 15) is 4.79 Å². The minimum atomic E-state index is 0.361. The summed E-state index contributed by atoms with van der Waals surface area (Å²) in [5.41, 5.74) is 1.27. The summed E-state index contributed by atoms with van der Waals surface area (Å²) >= 11 is 1.71. The van der Waals surface area contributed by atoms with Gasteiger partial charge in [-0.2, -0.15) is 11.3 Å². The molecule has 2 nitrogen and oxygen atoms in total. The molecule has 0 aromatic carbocycles. The van der Waals surface area contributed by atoms with Gasteiger partial charge in [-0.3, -0.25) is 4.79 Å². The van der Waals surface area contributed by atoms with Gasteiger partial charge in [0.25, 0.3) is 0 Å². The topological polar surface area (TPSA) is 20.3 Å². The number of nitrogens with zero attached hydrogens (tertiary/aromatic N) is 1. The maximum atomic E-state index is 12.5. The highest BCUT2D eigenvalue weighted by atomic mass is 32.1. The minimum absolute atomic E-state index is 0.361. The number of carbonyl (C=O) groups is 1. The molecule has 1 amide bonds. The van der Waals surface area contributed by atoms with E-state index >= 15 is 0 Å². The quantitative estimate of drug-likeness (QED) is 0.753. The summed E-state index contributed by atoms with van der Waals surface area (Å²) in [4.78, 5) is 14.5. The smallest absolute Gasteiger partial charge is 0.223 e. The molecule has 1 aromatic heterocycles. The fourth-order valence-corrected chi connectivity index (χ4v) is 3.59. The summed E-state index contributed by atoms with van der Waals surface area (Å²) in [6.45, 7) is 3.83. The lowest BCUT2D eigenvalue weighted by molar-refractivity contribution is -0.133. The molecular weight excluding hydrogens is 254 g/mol. The van der Waals surface area contributed by atoms with Crippen LogP contribution >= 0.6 is 11.3 Å². The van der Waals surface area contributed by atoms with Crippen molar-refractivity contribution in [2.45, 2.75) is 58.4 Å². The van der Waals surface area contributed by atoms with Crippen molar-refractivity contribution in [3.05, 3.63) is 22.4 Å². The number of thiophene rings is 1. The maximum absolute atomic E-state index is 12.5. The van der Waals surface area contributed by atoms with Gasteiger partial charge in [0.2, 0.25) is 5.91 Å². The van der Waals surface area contributed by atoms with E-state index in [2.05, 4.69) is 28.7 Å². The van der Waals surface area contributed by atoms with Crippen molar-refractivity contribution in [2.75, 3.05) is 6.54 Å². The summed E-state index contributed by atoms with van der Waals surface area (Å²) in [6, 6.07) is 2.13. The maximum Gasteiger partial charge on any atom is 0.223 e. The van der Waals surface area contributed by atoms with Crippen molar-refractivity contribution >= 4 is 17.2 Å². The largest absolute Gasteiger partial charge is 0.338 e. The van der Waals surface area contributed by atoms with Gasteiger partial charge >= 0.3 is 0 Å². The van der Waals surface area contributed by atoms with Crippen molar-refractivity contribution in [3.63, 3.8) is 0 Å². The van der Waals surface area contributed by atoms with Crippen LogP contribution in [0.25, 0.3) is 0 Å². The van der Waals surface area contributed by atoms with Crippen LogP contribution in [0.1, 0.15) is 57.4 Å². The molecule has 1 fully saturated rings. The summed E-state index contributed by atoms with van der Waals surface area (Å²) in [5, 5.41) is 4.24. The summed E-state index contributed by atoms with van der Waals surface area (Å²) in [5.74, 6) is 1.00. The van der Waals surface area contributed by atoms with Crippen LogP contribution < -0.4 is 0 Å². The fraction of sp³-hybridized carbons (Fsp3) is 0.688. The second kappa shape index (κ2) is 7.68. The molecule has 1 heterocycles. The van der Waals surface area contributed by atoms with Crippen molar-refractivity contribution in [2.24, 2.45) is 5.92 Å². The molecule has 1 aliphatic rings. The molecule has 0 unspecified atom stereocenters. The Balaban J connectivity index is 1.87. The van der Waals surface area contributed by atoms with Gasteiger partial charge in [-0.25, -0.2) is 0 Å². The summed E-state index contributed by atoms with van der Waals surface area (Å²) in [6.07, 6.45) is 8.31. The second-order valence-electron chi connectivity index (χ2n) is 5.66. The average molecular weight is 279 g/mol. The lowest BCUT2D eigenvalue weighted by atomic mass is 9.86. The van der Waals surface area contributed by atoms with Crippen LogP contribution in [0.3, 0.4) is 0 Å². The highest BCUT2D eigenvalue weighted by molar-refractivity contribution is 7.07. The molecule has 0 spiro atoms. The molecule has 106 valence electrons. The zero-order chi connectivity index (χ0) is 13.5. The van der Waals surface area contributed by atoms with Gasteiger partial charge in [0, 0.05) is 19.5 Å². The molecule has 1 saturated carbocycles. The Hall–Kier alpha value is -0.830. The zero-order valence-corrected chi connectivity index (χ0v) is 12.8. The zero-order valence-electron chi connectivity index (χ0n) is 11.9. The van der Waals surface area contributed by atoms with Gasteiger partial charge in [0.1, 0.15) is 0 Å². The van der Waals surface area contributed by atoms with E-state index in [0.29, 0.717) is 11.8 Å². The van der Waals surface area contributed by atoms with Crippen molar-refractivity contribution in [3.8, 4) is 0 Å². The Kier molecular flexibility index (Phi) is 5.90. The number of carbonyl (C=O) groups excluding carboxylic acids is 1. The summed E-state index contributed by atoms with van der Waals surface area (Å²) in [7, 11) is 0. The third-order valence-electron chi connectivity index (χ3n) is 3.99. The van der Waals surface area contributed by atoms with Crippen LogP contribution in [-0.4, -0.2) is 17.4 Å². The SMILES string of the molecule is CCCN(Cc1ccsc1)C(=O)CC1CCCCC1. The van der Waals surface area contributed by atoms with E-state index in [1.165, 1.54) is 37.7 Å². The first-order valence-electron chi connectivity index (χ1n) is 7.58. The van der Waals surface area contributed by atoms with Gasteiger partial charge in [0.05, 0.1) is 0 Å². The number of hydrogen-bond donors (Lipinski definition) is 0. The Labute approximate surface area is 120 Å². The molecule has 0 atom stereocenters. The standard InChI is InChI=1S/C16H25NOS/c1-2-9-17(12-15-8-10-19-13-15)16(18)11-14-6-4-3-5-7-14/h8,10,13-14H,2-7,9,11-12H2,1H3. The van der Waals surface area contributed by atoms with E-state index in [1.807, 2.05) is 0 Å². The van der Waals surface area contributed by atoms with Crippen LogP contribution in [0.4, 0.5) is 0 Å². The Morgan fingerprint density at radius 3 is 2.79 bits per heavy atom. The minimum Gasteiger partial charge on any atom is -0.338 e. The average Bonchev–Trinajstić information content (AvgIpc) is 2.92. The highest BCUT2D eigenvalue weighted by Gasteiger charge is 2.20. The number of rotatable bonds is 6. The third-order valence-corrected chi connectivity index (χ3v) is 4.72. The van der Waals surface area contributed by atoms with Crippen LogP contribution in [-0.2, 0) is 11.3 Å². The van der Waals surface area contributed by atoms with Gasteiger partial charge < -0.3 is 4.90 Å². The lowest BCUT2D eigenvalue weighted by Gasteiger charge is -2.26. The van der Waals surface area contributed by atoms with Crippen LogP contribution in [0, 0.1) is 5.92 Å². The molecule has 1 aliphatic carbocycles. The van der Waals surface area contributed by atoms with E-state index in [4.69, 9.17) is 0 Å². The van der Waals surface area contributed by atoms with Gasteiger partial charge in [-0.15, -0.1) is 0 Å². The molecule has 0 bridgehead atoms. The van der Waals surface area contributed by atoms with E-state index in [1.54, 1.807) is 11.3 Å². The van der Waals surface area contributed by atoms with Crippen LogP contribution in [0.5, 0.6) is 0 Å². The van der Waals surface area contributed by atoms with Crippen molar-refractivity contribution in [1.29, 1.82) is 0 Å². The van der Waals surface area contributed by atoms with E-state index in [-0.39, 0.29) is 0 Å². The van der Waals surface area contributed by atoms with Gasteiger partial charge in [-0.1, -0.05) is 26.2 Å². The molecule has 0 aliphatic heterocycles. The van der Waals surface area contributed by atoms with Crippen LogP contribution in [0.15, 0.2) is 16.8 Å². The van der Waals surface area contributed by atoms with Crippen LogP contribution in [0.2, 0.25) is 0 Å². The second-order valence-corrected chi connectivity index (χ2v) is 6.44. The molecule has 0 N–H and O–H groups in total. The number of hydrogen-bond acceptors (Lipinski definition) is 2. The highest BCUT2D eigenvalue weighted by Crippen LogP contribution is 2.27. The first-order chi connectivity index (χ1) is 9.29. The van der Waals surface area contributed by atoms with E-state index < -0.39 is 0 Å². The van der Waals surface area contributed by atoms with E-state index in [0.717, 1.165) is 25.9 Å². The summed E-state index contributed by atoms with van der Waals surface area (Å²) < 4.78 is 0. The Morgan fingerprint density at radius 2 is 2.16 bits per heavy atom. The molecular formula is C16H25NOS.